The summed E-state index contributed by atoms with van der Waals surface area (Å²) in [5, 5.41) is 3.14. The molecule has 4 rings (SSSR count). The lowest BCUT2D eigenvalue weighted by Gasteiger charge is -2.20. The number of hydrogen-bond donors (Lipinski definition) is 1. The number of rotatable bonds is 5. The van der Waals surface area contributed by atoms with E-state index in [0.717, 1.165) is 31.2 Å². The summed E-state index contributed by atoms with van der Waals surface area (Å²) in [6, 6.07) is 10.7. The molecule has 2 aromatic rings. The Labute approximate surface area is 183 Å². The van der Waals surface area contributed by atoms with Gasteiger partial charge in [-0.15, -0.1) is 0 Å². The van der Waals surface area contributed by atoms with Gasteiger partial charge < -0.3 is 5.32 Å². The van der Waals surface area contributed by atoms with Crippen LogP contribution >= 0.6 is 11.6 Å². The molecule has 30 heavy (non-hydrogen) atoms. The highest BCUT2D eigenvalue weighted by molar-refractivity contribution is 7.89. The number of benzene rings is 2. The molecule has 5 nitrogen and oxygen atoms in total. The van der Waals surface area contributed by atoms with Crippen LogP contribution in [-0.2, 0) is 22.9 Å². The zero-order valence-electron chi connectivity index (χ0n) is 17.2. The number of carbonyl (C=O) groups is 1. The van der Waals surface area contributed by atoms with Gasteiger partial charge in [-0.1, -0.05) is 29.8 Å². The second kappa shape index (κ2) is 8.69. The van der Waals surface area contributed by atoms with Crippen LogP contribution in [-0.4, -0.2) is 31.7 Å². The van der Waals surface area contributed by atoms with E-state index < -0.39 is 10.0 Å². The van der Waals surface area contributed by atoms with E-state index in [4.69, 9.17) is 11.6 Å². The third-order valence-corrected chi connectivity index (χ3v) is 8.48. The lowest BCUT2D eigenvalue weighted by atomic mass is 9.89. The zero-order chi connectivity index (χ0) is 21.3. The van der Waals surface area contributed by atoms with Crippen molar-refractivity contribution < 1.29 is 13.2 Å². The van der Waals surface area contributed by atoms with Crippen molar-refractivity contribution in [2.24, 2.45) is 0 Å². The third kappa shape index (κ3) is 4.27. The Morgan fingerprint density at radius 1 is 1.00 bits per heavy atom. The summed E-state index contributed by atoms with van der Waals surface area (Å²) in [4.78, 5) is 12.9. The van der Waals surface area contributed by atoms with Crippen LogP contribution in [0.3, 0.4) is 0 Å². The van der Waals surface area contributed by atoms with Gasteiger partial charge in [-0.3, -0.25) is 4.79 Å². The predicted molar refractivity (Wildman–Crippen MR) is 118 cm³/mol. The predicted octanol–water partition coefficient (Wildman–Crippen LogP) is 4.49. The number of nitrogens with one attached hydrogen (secondary N) is 1. The molecule has 1 fully saturated rings. The number of fused-ring (bicyclic) bond motifs is 1. The Bertz CT molecular complexity index is 1060. The summed E-state index contributed by atoms with van der Waals surface area (Å²) >= 11 is 6.20. The summed E-state index contributed by atoms with van der Waals surface area (Å²) in [6.07, 6.45) is 6.33. The highest BCUT2D eigenvalue weighted by atomic mass is 35.5. The fourth-order valence-corrected chi connectivity index (χ4v) is 6.31. The highest BCUT2D eigenvalue weighted by Gasteiger charge is 2.30. The van der Waals surface area contributed by atoms with Gasteiger partial charge in [-0.2, -0.15) is 4.31 Å². The first kappa shape index (κ1) is 21.3. The SMILES string of the molecule is CC(NC(=O)c1ccc(Cl)c(S(=O)(=O)N2CCCC2)c1)c1ccc2c(c1)CCCC2. The van der Waals surface area contributed by atoms with E-state index in [9.17, 15) is 13.2 Å². The topological polar surface area (TPSA) is 66.5 Å². The molecule has 0 bridgehead atoms. The zero-order valence-corrected chi connectivity index (χ0v) is 18.7. The molecule has 7 heteroatoms. The minimum Gasteiger partial charge on any atom is -0.346 e. The summed E-state index contributed by atoms with van der Waals surface area (Å²) in [7, 11) is -3.69. The molecule has 1 saturated heterocycles. The molecule has 2 aromatic carbocycles. The first-order chi connectivity index (χ1) is 14.4. The number of nitrogens with zero attached hydrogens (tertiary/aromatic N) is 1. The molecule has 160 valence electrons. The molecule has 1 unspecified atom stereocenters. The van der Waals surface area contributed by atoms with Crippen molar-refractivity contribution >= 4 is 27.5 Å². The van der Waals surface area contributed by atoms with E-state index in [2.05, 4.69) is 23.5 Å². The Morgan fingerprint density at radius 3 is 2.43 bits per heavy atom. The standard InChI is InChI=1S/C23H27ClN2O3S/c1-16(18-9-8-17-6-2-3-7-19(17)14-18)25-23(27)20-10-11-21(24)22(15-20)30(28,29)26-12-4-5-13-26/h8-11,14-16H,2-7,12-13H2,1H3,(H,25,27). The average Bonchev–Trinajstić information content (AvgIpc) is 3.29. The molecule has 0 radical (unpaired) electrons. The number of carbonyl (C=O) groups excluding carboxylic acids is 1. The number of halogens is 1. The Morgan fingerprint density at radius 2 is 1.70 bits per heavy atom. The molecule has 1 atom stereocenters. The molecule has 0 spiro atoms. The fourth-order valence-electron chi connectivity index (χ4n) is 4.30. The fraction of sp³-hybridized carbons (Fsp3) is 0.435. The van der Waals surface area contributed by atoms with Gasteiger partial charge in [0.25, 0.3) is 5.91 Å². The van der Waals surface area contributed by atoms with Crippen molar-refractivity contribution in [2.45, 2.75) is 56.4 Å². The van der Waals surface area contributed by atoms with E-state index in [-0.39, 0.29) is 21.9 Å². The molecular formula is C23H27ClN2O3S. The van der Waals surface area contributed by atoms with Gasteiger partial charge in [0.2, 0.25) is 10.0 Å². The molecule has 0 saturated carbocycles. The lowest BCUT2D eigenvalue weighted by molar-refractivity contribution is 0.0939. The molecule has 1 aliphatic heterocycles. The summed E-state index contributed by atoms with van der Waals surface area (Å²) in [6.45, 7) is 2.93. The van der Waals surface area contributed by atoms with Gasteiger partial charge in [0, 0.05) is 18.7 Å². The first-order valence-electron chi connectivity index (χ1n) is 10.6. The molecule has 1 amide bonds. The third-order valence-electron chi connectivity index (χ3n) is 6.10. The molecule has 0 aromatic heterocycles. The van der Waals surface area contributed by atoms with E-state index in [1.54, 1.807) is 6.07 Å². The van der Waals surface area contributed by atoms with Crippen LogP contribution in [0.2, 0.25) is 5.02 Å². The van der Waals surface area contributed by atoms with Gasteiger partial charge in [-0.05, 0) is 80.3 Å². The quantitative estimate of drug-likeness (QED) is 0.735. The minimum absolute atomic E-state index is 0.000139. The van der Waals surface area contributed by atoms with Crippen molar-refractivity contribution in [3.63, 3.8) is 0 Å². The van der Waals surface area contributed by atoms with Gasteiger partial charge in [0.1, 0.15) is 4.90 Å². The van der Waals surface area contributed by atoms with Gasteiger partial charge in [-0.25, -0.2) is 8.42 Å². The molecule has 2 aliphatic rings. The lowest BCUT2D eigenvalue weighted by Crippen LogP contribution is -2.29. The molecule has 1 N–H and O–H groups in total. The monoisotopic (exact) mass is 446 g/mol. The van der Waals surface area contributed by atoms with Crippen molar-refractivity contribution in [1.82, 2.24) is 9.62 Å². The second-order valence-electron chi connectivity index (χ2n) is 8.19. The number of sulfonamides is 1. The molecular weight excluding hydrogens is 420 g/mol. The largest absolute Gasteiger partial charge is 0.346 e. The van der Waals surface area contributed by atoms with Crippen molar-refractivity contribution in [1.29, 1.82) is 0 Å². The van der Waals surface area contributed by atoms with Crippen LogP contribution in [0.15, 0.2) is 41.3 Å². The van der Waals surface area contributed by atoms with Crippen molar-refractivity contribution in [2.75, 3.05) is 13.1 Å². The Kier molecular flexibility index (Phi) is 6.19. The van der Waals surface area contributed by atoms with E-state index >= 15 is 0 Å². The average molecular weight is 447 g/mol. The van der Waals surface area contributed by atoms with Gasteiger partial charge in [0.05, 0.1) is 11.1 Å². The van der Waals surface area contributed by atoms with Crippen LogP contribution in [0, 0.1) is 0 Å². The summed E-state index contributed by atoms with van der Waals surface area (Å²) in [5.74, 6) is -0.310. The van der Waals surface area contributed by atoms with Crippen LogP contribution in [0.25, 0.3) is 0 Å². The molecule has 1 aliphatic carbocycles. The first-order valence-corrected chi connectivity index (χ1v) is 12.4. The maximum absolute atomic E-state index is 12.9. The number of hydrogen-bond acceptors (Lipinski definition) is 3. The van der Waals surface area contributed by atoms with Crippen LogP contribution < -0.4 is 5.32 Å². The van der Waals surface area contributed by atoms with Crippen molar-refractivity contribution in [3.05, 3.63) is 63.7 Å². The number of aryl methyl sites for hydroxylation is 2. The van der Waals surface area contributed by atoms with Crippen LogP contribution in [0.4, 0.5) is 0 Å². The van der Waals surface area contributed by atoms with Crippen molar-refractivity contribution in [3.8, 4) is 0 Å². The smallest absolute Gasteiger partial charge is 0.251 e. The summed E-state index contributed by atoms with van der Waals surface area (Å²) in [5.41, 5.74) is 4.12. The van der Waals surface area contributed by atoms with Crippen LogP contribution in [0.1, 0.15) is 65.7 Å². The van der Waals surface area contributed by atoms with E-state index in [0.29, 0.717) is 18.7 Å². The van der Waals surface area contributed by atoms with Gasteiger partial charge in [0.15, 0.2) is 0 Å². The van der Waals surface area contributed by atoms with E-state index in [1.165, 1.54) is 40.4 Å². The minimum atomic E-state index is -3.69. The summed E-state index contributed by atoms with van der Waals surface area (Å²) < 4.78 is 27.3. The molecule has 1 heterocycles. The Balaban J connectivity index is 1.53. The maximum atomic E-state index is 12.9. The number of amides is 1. The van der Waals surface area contributed by atoms with E-state index in [1.807, 2.05) is 6.92 Å². The Hall–Kier alpha value is -1.89. The highest BCUT2D eigenvalue weighted by Crippen LogP contribution is 2.29. The van der Waals surface area contributed by atoms with Crippen LogP contribution in [0.5, 0.6) is 0 Å². The van der Waals surface area contributed by atoms with Gasteiger partial charge >= 0.3 is 0 Å². The second-order valence-corrected chi connectivity index (χ2v) is 10.5. The normalized spacial score (nSPS) is 18.1. The maximum Gasteiger partial charge on any atom is 0.251 e.